The highest BCUT2D eigenvalue weighted by atomic mass is 32.1. The zero-order valence-corrected chi connectivity index (χ0v) is 13.1. The van der Waals surface area contributed by atoms with Crippen LogP contribution in [0.15, 0.2) is 36.5 Å². The summed E-state index contributed by atoms with van der Waals surface area (Å²) in [5, 5.41) is 8.61. The molecule has 0 amide bonds. The van der Waals surface area contributed by atoms with Crippen molar-refractivity contribution in [2.75, 3.05) is 5.32 Å². The van der Waals surface area contributed by atoms with Crippen LogP contribution >= 0.6 is 12.2 Å². The number of thiocarbonyl (C=S) groups is 1. The van der Waals surface area contributed by atoms with Crippen LogP contribution in [0.5, 0.6) is 0 Å². The van der Waals surface area contributed by atoms with E-state index in [4.69, 9.17) is 12.2 Å². The predicted octanol–water partition coefficient (Wildman–Crippen LogP) is 4.10. The lowest BCUT2D eigenvalue weighted by Gasteiger charge is -2.30. The minimum absolute atomic E-state index is 0.488. The van der Waals surface area contributed by atoms with Crippen molar-refractivity contribution in [2.24, 2.45) is 5.92 Å². The number of hydrogen-bond donors (Lipinski definition) is 2. The molecule has 1 aromatic carbocycles. The van der Waals surface area contributed by atoms with Gasteiger partial charge in [0.15, 0.2) is 5.11 Å². The van der Waals surface area contributed by atoms with E-state index in [1.165, 1.54) is 25.7 Å². The third kappa shape index (κ3) is 3.32. The number of anilines is 1. The zero-order valence-electron chi connectivity index (χ0n) is 12.3. The molecule has 1 fully saturated rings. The minimum Gasteiger partial charge on any atom is -0.359 e. The van der Waals surface area contributed by atoms with E-state index < -0.39 is 0 Å². The molecule has 1 saturated carbocycles. The molecule has 2 aromatic rings. The number of aromatic nitrogens is 1. The minimum atomic E-state index is 0.488. The highest BCUT2D eigenvalue weighted by molar-refractivity contribution is 7.80. The van der Waals surface area contributed by atoms with E-state index in [0.29, 0.717) is 17.1 Å². The lowest BCUT2D eigenvalue weighted by molar-refractivity contribution is 0.309. The number of nitrogens with zero attached hydrogens (tertiary/aromatic N) is 1. The Balaban J connectivity index is 1.71. The Bertz CT molecular complexity index is 635. The summed E-state index contributed by atoms with van der Waals surface area (Å²) in [6.07, 6.45) is 6.94. The Labute approximate surface area is 131 Å². The van der Waals surface area contributed by atoms with Crippen LogP contribution in [0.25, 0.3) is 10.9 Å². The van der Waals surface area contributed by atoms with E-state index in [1.807, 2.05) is 24.4 Å². The van der Waals surface area contributed by atoms with Gasteiger partial charge in [0.05, 0.1) is 11.2 Å². The fourth-order valence-corrected chi connectivity index (χ4v) is 3.32. The van der Waals surface area contributed by atoms with E-state index in [2.05, 4.69) is 34.7 Å². The molecule has 21 heavy (non-hydrogen) atoms. The van der Waals surface area contributed by atoms with Crippen molar-refractivity contribution in [3.05, 3.63) is 36.5 Å². The van der Waals surface area contributed by atoms with Crippen LogP contribution in [-0.4, -0.2) is 16.1 Å². The van der Waals surface area contributed by atoms with Crippen molar-refractivity contribution in [3.8, 4) is 0 Å². The highest BCUT2D eigenvalue weighted by Gasteiger charge is 2.21. The number of hydrogen-bond acceptors (Lipinski definition) is 2. The predicted molar refractivity (Wildman–Crippen MR) is 92.5 cm³/mol. The molecular formula is C17H21N3S. The summed E-state index contributed by atoms with van der Waals surface area (Å²) in [7, 11) is 0. The van der Waals surface area contributed by atoms with Gasteiger partial charge in [-0.05, 0) is 43.1 Å². The zero-order chi connectivity index (χ0) is 14.7. The van der Waals surface area contributed by atoms with Crippen LogP contribution in [0, 0.1) is 5.92 Å². The number of fused-ring (bicyclic) bond motifs is 1. The number of para-hydroxylation sites is 1. The average molecular weight is 299 g/mol. The molecule has 0 radical (unpaired) electrons. The molecule has 0 aliphatic heterocycles. The normalized spacial score (nSPS) is 22.0. The van der Waals surface area contributed by atoms with E-state index in [-0.39, 0.29) is 0 Å². The molecule has 3 rings (SSSR count). The van der Waals surface area contributed by atoms with Gasteiger partial charge in [0, 0.05) is 17.6 Å². The van der Waals surface area contributed by atoms with Crippen LogP contribution < -0.4 is 10.6 Å². The molecule has 0 unspecified atom stereocenters. The maximum absolute atomic E-state index is 5.48. The first kappa shape index (κ1) is 14.3. The van der Waals surface area contributed by atoms with Crippen molar-refractivity contribution < 1.29 is 0 Å². The van der Waals surface area contributed by atoms with Gasteiger partial charge in [-0.1, -0.05) is 38.0 Å². The molecule has 0 bridgehead atoms. The first-order chi connectivity index (χ1) is 10.2. The molecule has 1 heterocycles. The molecule has 1 aromatic heterocycles. The maximum Gasteiger partial charge on any atom is 0.171 e. The Morgan fingerprint density at radius 1 is 1.19 bits per heavy atom. The Hall–Kier alpha value is -1.68. The first-order valence-electron chi connectivity index (χ1n) is 7.65. The fourth-order valence-electron chi connectivity index (χ4n) is 3.06. The van der Waals surface area contributed by atoms with E-state index in [1.54, 1.807) is 0 Å². The van der Waals surface area contributed by atoms with Gasteiger partial charge in [-0.15, -0.1) is 0 Å². The monoisotopic (exact) mass is 299 g/mol. The molecule has 1 aliphatic carbocycles. The Kier molecular flexibility index (Phi) is 4.34. The second-order valence-electron chi connectivity index (χ2n) is 5.85. The van der Waals surface area contributed by atoms with Gasteiger partial charge >= 0.3 is 0 Å². The van der Waals surface area contributed by atoms with Gasteiger partial charge in [0.25, 0.3) is 0 Å². The summed E-state index contributed by atoms with van der Waals surface area (Å²) in [5.74, 6) is 0.684. The molecular weight excluding hydrogens is 278 g/mol. The summed E-state index contributed by atoms with van der Waals surface area (Å²) in [5.41, 5.74) is 1.93. The van der Waals surface area contributed by atoms with Crippen molar-refractivity contribution in [1.29, 1.82) is 0 Å². The third-order valence-electron chi connectivity index (χ3n) is 4.31. The van der Waals surface area contributed by atoms with Gasteiger partial charge in [-0.2, -0.15) is 0 Å². The van der Waals surface area contributed by atoms with Crippen LogP contribution in [-0.2, 0) is 0 Å². The van der Waals surface area contributed by atoms with E-state index in [9.17, 15) is 0 Å². The quantitative estimate of drug-likeness (QED) is 0.819. The number of nitrogens with one attached hydrogen (secondary N) is 2. The van der Waals surface area contributed by atoms with Crippen LogP contribution in [0.4, 0.5) is 5.69 Å². The second kappa shape index (κ2) is 6.39. The molecule has 3 nitrogen and oxygen atoms in total. The van der Waals surface area contributed by atoms with E-state index >= 15 is 0 Å². The third-order valence-corrected chi connectivity index (χ3v) is 4.53. The van der Waals surface area contributed by atoms with Gasteiger partial charge in [0.2, 0.25) is 0 Å². The molecule has 2 N–H and O–H groups in total. The number of pyridine rings is 1. The van der Waals surface area contributed by atoms with Gasteiger partial charge in [0.1, 0.15) is 0 Å². The summed E-state index contributed by atoms with van der Waals surface area (Å²) < 4.78 is 0. The van der Waals surface area contributed by atoms with E-state index in [0.717, 1.165) is 16.6 Å². The standard InChI is InChI=1S/C17H21N3S/c1-12-6-2-3-9-14(12)19-17(21)20-15-10-4-7-13-8-5-11-18-16(13)15/h4-5,7-8,10-12,14H,2-3,6,9H2,1H3,(H2,19,20,21)/t12-,14-/m0/s1. The lowest BCUT2D eigenvalue weighted by atomic mass is 9.86. The van der Waals surface area contributed by atoms with Crippen molar-refractivity contribution in [2.45, 2.75) is 38.6 Å². The SMILES string of the molecule is C[C@H]1CCCC[C@@H]1NC(=S)Nc1cccc2cccnc12. The summed E-state index contributed by atoms with van der Waals surface area (Å²) >= 11 is 5.48. The molecule has 0 spiro atoms. The lowest BCUT2D eigenvalue weighted by Crippen LogP contribution is -2.43. The van der Waals surface area contributed by atoms with Gasteiger partial charge < -0.3 is 10.6 Å². The van der Waals surface area contributed by atoms with Crippen molar-refractivity contribution in [3.63, 3.8) is 0 Å². The van der Waals surface area contributed by atoms with Crippen LogP contribution in [0.2, 0.25) is 0 Å². The van der Waals surface area contributed by atoms with Crippen molar-refractivity contribution in [1.82, 2.24) is 10.3 Å². The van der Waals surface area contributed by atoms with Crippen LogP contribution in [0.3, 0.4) is 0 Å². The topological polar surface area (TPSA) is 37.0 Å². The Morgan fingerprint density at radius 2 is 2.00 bits per heavy atom. The number of benzene rings is 1. The molecule has 110 valence electrons. The fraction of sp³-hybridized carbons (Fsp3) is 0.412. The molecule has 1 aliphatic rings. The van der Waals surface area contributed by atoms with Gasteiger partial charge in [-0.25, -0.2) is 0 Å². The van der Waals surface area contributed by atoms with Gasteiger partial charge in [-0.3, -0.25) is 4.98 Å². The number of rotatable bonds is 2. The average Bonchev–Trinajstić information content (AvgIpc) is 2.50. The largest absolute Gasteiger partial charge is 0.359 e. The summed E-state index contributed by atoms with van der Waals surface area (Å²) in [4.78, 5) is 4.45. The molecule has 2 atom stereocenters. The smallest absolute Gasteiger partial charge is 0.171 e. The van der Waals surface area contributed by atoms with Crippen LogP contribution in [0.1, 0.15) is 32.6 Å². The summed E-state index contributed by atoms with van der Waals surface area (Å²) in [6, 6.07) is 10.6. The molecule has 4 heteroatoms. The maximum atomic E-state index is 5.48. The van der Waals surface area contributed by atoms with Crippen molar-refractivity contribution >= 4 is 33.9 Å². The highest BCUT2D eigenvalue weighted by Crippen LogP contribution is 2.24. The summed E-state index contributed by atoms with van der Waals surface area (Å²) in [6.45, 7) is 2.30. The second-order valence-corrected chi connectivity index (χ2v) is 6.26. The first-order valence-corrected chi connectivity index (χ1v) is 8.06. The molecule has 0 saturated heterocycles. The Morgan fingerprint density at radius 3 is 2.86 bits per heavy atom.